The number of pyridine rings is 1. The lowest BCUT2D eigenvalue weighted by Crippen LogP contribution is -2.08. The van der Waals surface area contributed by atoms with Gasteiger partial charge >= 0.3 is 6.18 Å². The lowest BCUT2D eigenvalue weighted by molar-refractivity contribution is -0.137. The topological polar surface area (TPSA) is 40.6 Å². The van der Waals surface area contributed by atoms with Crippen LogP contribution in [0.5, 0.6) is 17.4 Å². The van der Waals surface area contributed by atoms with Crippen molar-refractivity contribution in [3.05, 3.63) is 57.7 Å². The Kier molecular flexibility index (Phi) is 10.5. The van der Waals surface area contributed by atoms with Gasteiger partial charge in [-0.1, -0.05) is 37.0 Å². The summed E-state index contributed by atoms with van der Waals surface area (Å²) in [5.74, 6) is 1.76. The Labute approximate surface area is 196 Å². The summed E-state index contributed by atoms with van der Waals surface area (Å²) < 4.78 is 55.0. The van der Waals surface area contributed by atoms with Crippen LogP contribution in [0.25, 0.3) is 0 Å². The van der Waals surface area contributed by atoms with Gasteiger partial charge in [-0.3, -0.25) is 0 Å². The van der Waals surface area contributed by atoms with Crippen LogP contribution in [0.1, 0.15) is 43.4 Å². The fourth-order valence-electron chi connectivity index (χ4n) is 2.91. The molecule has 9 heteroatoms. The van der Waals surface area contributed by atoms with Crippen LogP contribution in [-0.2, 0) is 19.0 Å². The first-order chi connectivity index (χ1) is 15.2. The van der Waals surface area contributed by atoms with Gasteiger partial charge in [0.05, 0.1) is 18.8 Å². The molecule has 1 heterocycles. The summed E-state index contributed by atoms with van der Waals surface area (Å²) in [4.78, 5) is 3.69. The van der Waals surface area contributed by atoms with Crippen LogP contribution in [0, 0.1) is 0 Å². The number of rotatable bonds is 12. The van der Waals surface area contributed by atoms with E-state index in [1.807, 2.05) is 26.0 Å². The van der Waals surface area contributed by atoms with Gasteiger partial charge in [-0.15, -0.1) is 0 Å². The monoisotopic (exact) mass is 491 g/mol. The van der Waals surface area contributed by atoms with E-state index in [0.29, 0.717) is 19.6 Å². The maximum absolute atomic E-state index is 12.6. The van der Waals surface area contributed by atoms with E-state index in [9.17, 15) is 13.2 Å². The van der Waals surface area contributed by atoms with Crippen molar-refractivity contribution < 1.29 is 27.4 Å². The molecule has 4 nitrogen and oxygen atoms in total. The number of benzene rings is 1. The Morgan fingerprint density at radius 1 is 0.969 bits per heavy atom. The third-order valence-electron chi connectivity index (χ3n) is 4.56. The predicted molar refractivity (Wildman–Crippen MR) is 120 cm³/mol. The first-order valence-corrected chi connectivity index (χ1v) is 11.1. The highest BCUT2D eigenvalue weighted by molar-refractivity contribution is 6.55. The van der Waals surface area contributed by atoms with Crippen LogP contribution in [0.3, 0.4) is 0 Å². The molecule has 0 bridgehead atoms. The average molecular weight is 492 g/mol. The lowest BCUT2D eigenvalue weighted by Gasteiger charge is -2.17. The SMILES string of the molecule is CCc1cc(OCC=C(Cl)Cl)cc(CC)c1OCCCCOc1ccc(C(F)(F)F)cn1. The lowest BCUT2D eigenvalue weighted by atomic mass is 10.0. The van der Waals surface area contributed by atoms with Crippen molar-refractivity contribution in [1.82, 2.24) is 4.98 Å². The number of alkyl halides is 3. The molecule has 0 aliphatic rings. The Bertz CT molecular complexity index is 858. The number of aryl methyl sites for hydroxylation is 2. The zero-order chi connectivity index (χ0) is 23.6. The molecule has 0 saturated heterocycles. The van der Waals surface area contributed by atoms with Crippen molar-refractivity contribution in [1.29, 1.82) is 0 Å². The third-order valence-corrected chi connectivity index (χ3v) is 4.87. The van der Waals surface area contributed by atoms with Crippen LogP contribution in [0.15, 0.2) is 41.0 Å². The Hall–Kier alpha value is -2.12. The number of ether oxygens (including phenoxy) is 3. The maximum Gasteiger partial charge on any atom is 0.417 e. The van der Waals surface area contributed by atoms with Crippen molar-refractivity contribution >= 4 is 23.2 Å². The Balaban J connectivity index is 1.83. The van der Waals surface area contributed by atoms with Gasteiger partial charge in [0.25, 0.3) is 0 Å². The summed E-state index contributed by atoms with van der Waals surface area (Å²) in [6.45, 7) is 5.21. The van der Waals surface area contributed by atoms with Gasteiger partial charge in [-0.2, -0.15) is 13.2 Å². The summed E-state index contributed by atoms with van der Waals surface area (Å²) in [6, 6.07) is 6.08. The van der Waals surface area contributed by atoms with E-state index in [1.165, 1.54) is 6.07 Å². The van der Waals surface area contributed by atoms with Gasteiger partial charge in [0, 0.05) is 12.3 Å². The van der Waals surface area contributed by atoms with Gasteiger partial charge in [0.15, 0.2) is 0 Å². The fourth-order valence-corrected chi connectivity index (χ4v) is 3.03. The molecule has 32 heavy (non-hydrogen) atoms. The zero-order valence-electron chi connectivity index (χ0n) is 18.0. The highest BCUT2D eigenvalue weighted by Gasteiger charge is 2.30. The van der Waals surface area contributed by atoms with E-state index in [1.54, 1.807) is 6.08 Å². The van der Waals surface area contributed by atoms with Gasteiger partial charge in [-0.05, 0) is 61.1 Å². The Morgan fingerprint density at radius 2 is 1.59 bits per heavy atom. The first-order valence-electron chi connectivity index (χ1n) is 10.3. The van der Waals surface area contributed by atoms with Gasteiger partial charge in [-0.25, -0.2) is 4.98 Å². The summed E-state index contributed by atoms with van der Waals surface area (Å²) in [7, 11) is 0. The normalized spacial score (nSPS) is 11.2. The molecule has 1 aromatic carbocycles. The zero-order valence-corrected chi connectivity index (χ0v) is 19.5. The minimum absolute atomic E-state index is 0.162. The molecule has 0 unspecified atom stereocenters. The molecule has 0 atom stereocenters. The number of aromatic nitrogens is 1. The molecule has 0 aliphatic heterocycles. The van der Waals surface area contributed by atoms with Crippen LogP contribution in [0.4, 0.5) is 13.2 Å². The summed E-state index contributed by atoms with van der Waals surface area (Å²) in [6.07, 6.45) is 0.917. The molecule has 176 valence electrons. The van der Waals surface area contributed by atoms with Crippen LogP contribution in [-0.4, -0.2) is 24.8 Å². The molecule has 0 N–H and O–H groups in total. The van der Waals surface area contributed by atoms with E-state index in [2.05, 4.69) is 4.98 Å². The average Bonchev–Trinajstić information content (AvgIpc) is 2.75. The second-order valence-corrected chi connectivity index (χ2v) is 7.88. The molecule has 2 aromatic rings. The molecule has 0 aliphatic carbocycles. The molecular weight excluding hydrogens is 466 g/mol. The summed E-state index contributed by atoms with van der Waals surface area (Å²) in [5, 5.41) is 0. The number of hydrogen-bond acceptors (Lipinski definition) is 4. The number of halogens is 5. The highest BCUT2D eigenvalue weighted by Crippen LogP contribution is 2.31. The molecular formula is C23H26Cl2F3NO3. The molecule has 0 radical (unpaired) electrons. The van der Waals surface area contributed by atoms with E-state index >= 15 is 0 Å². The number of unbranched alkanes of at least 4 members (excludes halogenated alkanes) is 1. The maximum atomic E-state index is 12.6. The van der Waals surface area contributed by atoms with Crippen molar-refractivity contribution in [2.75, 3.05) is 19.8 Å². The molecule has 0 fully saturated rings. The number of hydrogen-bond donors (Lipinski definition) is 0. The van der Waals surface area contributed by atoms with E-state index in [0.717, 1.165) is 54.2 Å². The minimum atomic E-state index is -4.41. The molecule has 2 rings (SSSR count). The van der Waals surface area contributed by atoms with Crippen LogP contribution in [0.2, 0.25) is 0 Å². The van der Waals surface area contributed by atoms with Crippen molar-refractivity contribution in [2.45, 2.75) is 45.7 Å². The second kappa shape index (κ2) is 12.8. The fraction of sp³-hybridized carbons (Fsp3) is 0.435. The Morgan fingerprint density at radius 3 is 2.09 bits per heavy atom. The van der Waals surface area contributed by atoms with Crippen LogP contribution < -0.4 is 14.2 Å². The quantitative estimate of drug-likeness (QED) is 0.295. The summed E-state index contributed by atoms with van der Waals surface area (Å²) in [5.41, 5.74) is 1.29. The molecule has 0 spiro atoms. The van der Waals surface area contributed by atoms with E-state index in [4.69, 9.17) is 37.4 Å². The van der Waals surface area contributed by atoms with Crippen molar-refractivity contribution in [2.24, 2.45) is 0 Å². The second-order valence-electron chi connectivity index (χ2n) is 6.87. The van der Waals surface area contributed by atoms with Crippen molar-refractivity contribution in [3.8, 4) is 17.4 Å². The molecule has 1 aromatic heterocycles. The summed E-state index contributed by atoms with van der Waals surface area (Å²) >= 11 is 11.2. The van der Waals surface area contributed by atoms with Crippen LogP contribution >= 0.6 is 23.2 Å². The standard InChI is InChI=1S/C23H26Cl2F3NO3/c1-3-16-13-19(30-12-9-20(24)25)14-17(4-2)22(16)32-11-6-5-10-31-21-8-7-18(15-29-21)23(26,27)28/h7-9,13-15H,3-6,10-12H2,1-2H3. The van der Waals surface area contributed by atoms with Crippen molar-refractivity contribution in [3.63, 3.8) is 0 Å². The smallest absolute Gasteiger partial charge is 0.417 e. The molecule has 0 saturated carbocycles. The van der Waals surface area contributed by atoms with Gasteiger partial charge in [0.2, 0.25) is 5.88 Å². The van der Waals surface area contributed by atoms with Gasteiger partial charge < -0.3 is 14.2 Å². The predicted octanol–water partition coefficient (Wildman–Crippen LogP) is 7.16. The van der Waals surface area contributed by atoms with E-state index in [-0.39, 0.29) is 17.0 Å². The molecule has 0 amide bonds. The largest absolute Gasteiger partial charge is 0.493 e. The third kappa shape index (κ3) is 8.43. The number of nitrogens with zero attached hydrogens (tertiary/aromatic N) is 1. The highest BCUT2D eigenvalue weighted by atomic mass is 35.5. The van der Waals surface area contributed by atoms with E-state index < -0.39 is 11.7 Å². The first kappa shape index (κ1) is 26.1. The van der Waals surface area contributed by atoms with Gasteiger partial charge in [0.1, 0.15) is 22.6 Å². The minimum Gasteiger partial charge on any atom is -0.493 e.